The molecule has 0 aromatic rings. The van der Waals surface area contributed by atoms with Crippen molar-refractivity contribution in [3.63, 3.8) is 0 Å². The third kappa shape index (κ3) is 21.4. The van der Waals surface area contributed by atoms with E-state index < -0.39 is 55.7 Å². The molecule has 1 unspecified atom stereocenters. The molecule has 0 saturated carbocycles. The monoisotopic (exact) mass is 708 g/mol. The van der Waals surface area contributed by atoms with Gasteiger partial charge in [0.2, 0.25) is 0 Å². The lowest BCUT2D eigenvalue weighted by Crippen LogP contribution is -2.66. The SMILES string of the molecule is CCCCCCCCCCCCCCCCOCC(CO[C@@H]1O[C@H](CO)[C@H](O[Si](C)(C)C)[C@H](O[Si](C)(C)C)[C@H]1O[Si](C)(C)C)OC. The minimum absolute atomic E-state index is 0.184. The Morgan fingerprint density at radius 1 is 0.587 bits per heavy atom. The van der Waals surface area contributed by atoms with E-state index in [-0.39, 0.29) is 12.7 Å². The Hall–Kier alpha value is 0.331. The third-order valence-corrected chi connectivity index (χ3v) is 10.9. The molecule has 0 spiro atoms. The van der Waals surface area contributed by atoms with Crippen LogP contribution < -0.4 is 0 Å². The van der Waals surface area contributed by atoms with Crippen molar-refractivity contribution >= 4 is 25.0 Å². The fourth-order valence-electron chi connectivity index (χ4n) is 5.79. The van der Waals surface area contributed by atoms with Crippen LogP contribution >= 0.6 is 0 Å². The molecule has 1 aliphatic rings. The molecule has 0 aromatic heterocycles. The van der Waals surface area contributed by atoms with Gasteiger partial charge in [-0.05, 0) is 65.3 Å². The second kappa shape index (κ2) is 23.7. The van der Waals surface area contributed by atoms with Crippen molar-refractivity contribution in [2.45, 2.75) is 193 Å². The standard InChI is InChI=1S/C35H76O8Si3/c1-12-13-14-15-16-17-18-19-20-21-22-23-24-25-26-38-28-30(37-2)29-39-35-34(43-46(9,10)11)33(42-45(6,7)8)32(31(27-36)40-35)41-44(3,4)5/h30-36H,12-29H2,1-11H3/t30?,31-,32+,33+,34-,35-/m1/s1. The fraction of sp³-hybridized carbons (Fsp3) is 1.00. The lowest BCUT2D eigenvalue weighted by Gasteiger charge is -2.50. The van der Waals surface area contributed by atoms with Crippen LogP contribution in [0.5, 0.6) is 0 Å². The molecule has 1 heterocycles. The number of unbranched alkanes of at least 4 members (excludes halogenated alkanes) is 13. The minimum atomic E-state index is -2.03. The fourth-order valence-corrected chi connectivity index (χ4v) is 9.03. The lowest BCUT2D eigenvalue weighted by molar-refractivity contribution is -0.296. The number of aliphatic hydroxyl groups excluding tert-OH is 1. The van der Waals surface area contributed by atoms with Crippen LogP contribution in [0.4, 0.5) is 0 Å². The highest BCUT2D eigenvalue weighted by atomic mass is 28.4. The summed E-state index contributed by atoms with van der Waals surface area (Å²) >= 11 is 0. The van der Waals surface area contributed by atoms with Gasteiger partial charge in [-0.2, -0.15) is 0 Å². The van der Waals surface area contributed by atoms with Crippen LogP contribution in [0, 0.1) is 0 Å². The molecule has 8 nitrogen and oxygen atoms in total. The average molecular weight is 709 g/mol. The number of ether oxygens (including phenoxy) is 4. The van der Waals surface area contributed by atoms with E-state index >= 15 is 0 Å². The number of rotatable bonds is 28. The van der Waals surface area contributed by atoms with E-state index in [0.29, 0.717) is 13.2 Å². The molecule has 1 fully saturated rings. The van der Waals surface area contributed by atoms with E-state index in [1.807, 2.05) is 0 Å². The van der Waals surface area contributed by atoms with E-state index in [4.69, 9.17) is 32.2 Å². The lowest BCUT2D eigenvalue weighted by atomic mass is 9.99. The van der Waals surface area contributed by atoms with Crippen molar-refractivity contribution in [3.8, 4) is 0 Å². The molecule has 0 amide bonds. The Balaban J connectivity index is 2.53. The molecule has 0 aromatic carbocycles. The molecule has 11 heteroatoms. The molecule has 1 N–H and O–H groups in total. The van der Waals surface area contributed by atoms with Gasteiger partial charge < -0.3 is 37.3 Å². The van der Waals surface area contributed by atoms with Crippen LogP contribution in [-0.2, 0) is 32.2 Å². The topological polar surface area (TPSA) is 84.8 Å². The Kier molecular flexibility index (Phi) is 22.8. The Bertz CT molecular complexity index is 741. The van der Waals surface area contributed by atoms with E-state index in [0.717, 1.165) is 13.0 Å². The van der Waals surface area contributed by atoms with Gasteiger partial charge in [-0.1, -0.05) is 90.4 Å². The molecule has 276 valence electrons. The summed E-state index contributed by atoms with van der Waals surface area (Å²) in [6.07, 6.45) is 16.0. The van der Waals surface area contributed by atoms with Gasteiger partial charge in [0.05, 0.1) is 19.8 Å². The summed E-state index contributed by atoms with van der Waals surface area (Å²) in [5.41, 5.74) is 0. The highest BCUT2D eigenvalue weighted by Crippen LogP contribution is 2.34. The highest BCUT2D eigenvalue weighted by molar-refractivity contribution is 6.70. The molecule has 0 aliphatic carbocycles. The first-order valence-corrected chi connectivity index (χ1v) is 28.8. The smallest absolute Gasteiger partial charge is 0.185 e. The number of aliphatic hydroxyl groups is 1. The van der Waals surface area contributed by atoms with Crippen molar-refractivity contribution in [2.24, 2.45) is 0 Å². The van der Waals surface area contributed by atoms with Gasteiger partial charge in [0.25, 0.3) is 0 Å². The molecule has 1 saturated heterocycles. The molecule has 46 heavy (non-hydrogen) atoms. The Morgan fingerprint density at radius 2 is 1.02 bits per heavy atom. The zero-order chi connectivity index (χ0) is 34.6. The van der Waals surface area contributed by atoms with E-state index in [1.54, 1.807) is 7.11 Å². The Morgan fingerprint density at radius 3 is 1.46 bits per heavy atom. The number of methoxy groups -OCH3 is 1. The van der Waals surface area contributed by atoms with Gasteiger partial charge in [-0.3, -0.25) is 0 Å². The van der Waals surface area contributed by atoms with Crippen LogP contribution in [0.3, 0.4) is 0 Å². The van der Waals surface area contributed by atoms with Gasteiger partial charge >= 0.3 is 0 Å². The highest BCUT2D eigenvalue weighted by Gasteiger charge is 2.51. The summed E-state index contributed by atoms with van der Waals surface area (Å²) in [5, 5.41) is 10.4. The molecule has 1 aliphatic heterocycles. The van der Waals surface area contributed by atoms with Crippen LogP contribution in [0.15, 0.2) is 0 Å². The first-order chi connectivity index (χ1) is 21.6. The molecular weight excluding hydrogens is 633 g/mol. The first-order valence-electron chi connectivity index (χ1n) is 18.6. The van der Waals surface area contributed by atoms with Crippen molar-refractivity contribution in [1.29, 1.82) is 0 Å². The summed E-state index contributed by atoms with van der Waals surface area (Å²) < 4.78 is 44.6. The first kappa shape index (κ1) is 44.4. The molecular formula is C35H76O8Si3. The normalized spacial score (nSPS) is 23.6. The Labute approximate surface area is 287 Å². The third-order valence-electron chi connectivity index (χ3n) is 7.97. The maximum Gasteiger partial charge on any atom is 0.185 e. The summed E-state index contributed by atoms with van der Waals surface area (Å²) in [6, 6.07) is 0. The van der Waals surface area contributed by atoms with Crippen LogP contribution in [0.1, 0.15) is 96.8 Å². The molecule has 1 rings (SSSR count). The molecule has 0 bridgehead atoms. The van der Waals surface area contributed by atoms with Gasteiger partial charge in [-0.15, -0.1) is 0 Å². The summed E-state index contributed by atoms with van der Waals surface area (Å²) in [5.74, 6) is 0. The number of hydrogen-bond acceptors (Lipinski definition) is 8. The maximum atomic E-state index is 10.4. The van der Waals surface area contributed by atoms with Crippen molar-refractivity contribution in [1.82, 2.24) is 0 Å². The van der Waals surface area contributed by atoms with Crippen molar-refractivity contribution < 1.29 is 37.3 Å². The van der Waals surface area contributed by atoms with Gasteiger partial charge in [0.1, 0.15) is 30.5 Å². The van der Waals surface area contributed by atoms with E-state index in [1.165, 1.54) is 83.5 Å². The maximum absolute atomic E-state index is 10.4. The second-order valence-corrected chi connectivity index (χ2v) is 29.6. The zero-order valence-corrected chi connectivity index (χ0v) is 35.0. The summed E-state index contributed by atoms with van der Waals surface area (Å²) in [7, 11) is -4.35. The van der Waals surface area contributed by atoms with Gasteiger partial charge in [-0.25, -0.2) is 0 Å². The quantitative estimate of drug-likeness (QED) is 0.0638. The van der Waals surface area contributed by atoms with E-state index in [2.05, 4.69) is 65.8 Å². The minimum Gasteiger partial charge on any atom is -0.409 e. The predicted octanol–water partition coefficient (Wildman–Crippen LogP) is 8.89. The summed E-state index contributed by atoms with van der Waals surface area (Å²) in [6.45, 7) is 23.0. The van der Waals surface area contributed by atoms with Gasteiger partial charge in [0.15, 0.2) is 31.2 Å². The zero-order valence-electron chi connectivity index (χ0n) is 32.0. The van der Waals surface area contributed by atoms with Crippen molar-refractivity contribution in [2.75, 3.05) is 33.5 Å². The van der Waals surface area contributed by atoms with Crippen LogP contribution in [0.25, 0.3) is 0 Å². The number of hydrogen-bond donors (Lipinski definition) is 1. The van der Waals surface area contributed by atoms with Crippen molar-refractivity contribution in [3.05, 3.63) is 0 Å². The van der Waals surface area contributed by atoms with E-state index in [9.17, 15) is 5.11 Å². The largest absolute Gasteiger partial charge is 0.409 e. The molecule has 6 atom stereocenters. The van der Waals surface area contributed by atoms with Gasteiger partial charge in [0, 0.05) is 13.7 Å². The average Bonchev–Trinajstić information content (AvgIpc) is 2.94. The van der Waals surface area contributed by atoms with Crippen LogP contribution in [-0.4, -0.2) is 100 Å². The molecule has 0 radical (unpaired) electrons. The van der Waals surface area contributed by atoms with Crippen LogP contribution in [0.2, 0.25) is 58.9 Å². The predicted molar refractivity (Wildman–Crippen MR) is 198 cm³/mol. The summed E-state index contributed by atoms with van der Waals surface area (Å²) in [4.78, 5) is 0. The second-order valence-electron chi connectivity index (χ2n) is 16.2.